The first-order chi connectivity index (χ1) is 15.2. The lowest BCUT2D eigenvalue weighted by Crippen LogP contribution is -2.26. The van der Waals surface area contributed by atoms with Gasteiger partial charge in [0.1, 0.15) is 5.82 Å². The number of nitrogens with one attached hydrogen (secondary N) is 2. The molecule has 0 unspecified atom stereocenters. The second-order valence-electron chi connectivity index (χ2n) is 7.95. The van der Waals surface area contributed by atoms with Crippen LogP contribution in [0, 0.1) is 0 Å². The van der Waals surface area contributed by atoms with Crippen LogP contribution in [0.15, 0.2) is 79.0 Å². The standard InChI is InChI=1S/C26H24N4O/c1-30(17-19-9-11-20-13-14-27-24(20)16-19)25(31)12-10-18-5-4-6-21(15-18)26-28-22-7-2-3-8-23(22)29-26/h2-9,11,13-16,27H,10,12,17H2,1H3,(H,28,29). The number of aromatic nitrogens is 3. The van der Waals surface area contributed by atoms with Crippen LogP contribution in [0.5, 0.6) is 0 Å². The van der Waals surface area contributed by atoms with Crippen LogP contribution in [-0.2, 0) is 17.8 Å². The summed E-state index contributed by atoms with van der Waals surface area (Å²) in [5.41, 5.74) is 6.37. The van der Waals surface area contributed by atoms with E-state index in [0.29, 0.717) is 19.4 Å². The summed E-state index contributed by atoms with van der Waals surface area (Å²) in [7, 11) is 1.87. The highest BCUT2D eigenvalue weighted by atomic mass is 16.2. The highest BCUT2D eigenvalue weighted by molar-refractivity contribution is 5.81. The topological polar surface area (TPSA) is 64.8 Å². The van der Waals surface area contributed by atoms with Crippen LogP contribution in [0.4, 0.5) is 0 Å². The molecule has 3 aromatic carbocycles. The van der Waals surface area contributed by atoms with Gasteiger partial charge in [0.15, 0.2) is 0 Å². The van der Waals surface area contributed by atoms with Gasteiger partial charge in [0.25, 0.3) is 0 Å². The van der Waals surface area contributed by atoms with Crippen molar-refractivity contribution in [2.24, 2.45) is 0 Å². The molecule has 1 amide bonds. The second-order valence-corrected chi connectivity index (χ2v) is 7.95. The molecule has 0 fully saturated rings. The smallest absolute Gasteiger partial charge is 0.222 e. The molecule has 0 bridgehead atoms. The van der Waals surface area contributed by atoms with Gasteiger partial charge < -0.3 is 14.9 Å². The van der Waals surface area contributed by atoms with Crippen LogP contribution in [0.3, 0.4) is 0 Å². The minimum absolute atomic E-state index is 0.140. The lowest BCUT2D eigenvalue weighted by molar-refractivity contribution is -0.130. The van der Waals surface area contributed by atoms with E-state index in [4.69, 9.17) is 0 Å². The number of rotatable bonds is 6. The third-order valence-corrected chi connectivity index (χ3v) is 5.68. The van der Waals surface area contributed by atoms with Crippen molar-refractivity contribution in [2.45, 2.75) is 19.4 Å². The molecule has 0 spiro atoms. The fourth-order valence-corrected chi connectivity index (χ4v) is 3.96. The van der Waals surface area contributed by atoms with E-state index in [9.17, 15) is 4.79 Å². The molecule has 2 aromatic heterocycles. The summed E-state index contributed by atoms with van der Waals surface area (Å²) < 4.78 is 0. The number of benzene rings is 3. The van der Waals surface area contributed by atoms with Crippen LogP contribution in [-0.4, -0.2) is 32.8 Å². The van der Waals surface area contributed by atoms with Crippen molar-refractivity contribution in [3.05, 3.63) is 90.1 Å². The Labute approximate surface area is 180 Å². The summed E-state index contributed by atoms with van der Waals surface area (Å²) in [5, 5.41) is 1.18. The van der Waals surface area contributed by atoms with Crippen molar-refractivity contribution in [3.8, 4) is 11.4 Å². The maximum Gasteiger partial charge on any atom is 0.222 e. The van der Waals surface area contributed by atoms with Crippen LogP contribution in [0.1, 0.15) is 17.5 Å². The number of carbonyl (C=O) groups excluding carboxylic acids is 1. The first-order valence-corrected chi connectivity index (χ1v) is 10.5. The Bertz CT molecular complexity index is 1330. The third-order valence-electron chi connectivity index (χ3n) is 5.68. The molecule has 0 atom stereocenters. The fraction of sp³-hybridized carbons (Fsp3) is 0.154. The summed E-state index contributed by atoms with van der Waals surface area (Å²) >= 11 is 0. The van der Waals surface area contributed by atoms with Gasteiger partial charge in [-0.2, -0.15) is 0 Å². The van der Waals surface area contributed by atoms with Crippen LogP contribution in [0.2, 0.25) is 0 Å². The Balaban J connectivity index is 1.23. The second kappa shape index (κ2) is 8.11. The van der Waals surface area contributed by atoms with Gasteiger partial charge in [-0.3, -0.25) is 4.79 Å². The molecule has 0 aliphatic heterocycles. The summed E-state index contributed by atoms with van der Waals surface area (Å²) in [6, 6.07) is 24.6. The molecule has 5 nitrogen and oxygen atoms in total. The zero-order chi connectivity index (χ0) is 21.2. The molecule has 0 saturated carbocycles. The van der Waals surface area contributed by atoms with E-state index < -0.39 is 0 Å². The monoisotopic (exact) mass is 408 g/mol. The Kier molecular flexibility index (Phi) is 5.00. The summed E-state index contributed by atoms with van der Waals surface area (Å²) in [4.78, 5) is 25.8. The van der Waals surface area contributed by atoms with E-state index in [1.54, 1.807) is 4.90 Å². The largest absolute Gasteiger partial charge is 0.361 e. The Morgan fingerprint density at radius 1 is 0.935 bits per heavy atom. The maximum atomic E-state index is 12.7. The van der Waals surface area contributed by atoms with E-state index in [-0.39, 0.29) is 5.91 Å². The summed E-state index contributed by atoms with van der Waals surface area (Å²) in [6.45, 7) is 0.604. The molecular weight excluding hydrogens is 384 g/mol. The number of hydrogen-bond donors (Lipinski definition) is 2. The molecule has 2 heterocycles. The molecule has 0 aliphatic rings. The Morgan fingerprint density at radius 3 is 2.74 bits per heavy atom. The SMILES string of the molecule is CN(Cc1ccc2cc[nH]c2c1)C(=O)CCc1cccc(-c2nc3ccccc3[nH]2)c1. The number of hydrogen-bond acceptors (Lipinski definition) is 2. The van der Waals surface area contributed by atoms with Gasteiger partial charge in [-0.25, -0.2) is 4.98 Å². The van der Waals surface area contributed by atoms with Gasteiger partial charge in [0, 0.05) is 37.3 Å². The molecule has 0 radical (unpaired) electrons. The molecule has 2 N–H and O–H groups in total. The first-order valence-electron chi connectivity index (χ1n) is 10.5. The first kappa shape index (κ1) is 19.1. The molecule has 0 aliphatic carbocycles. The Hall–Kier alpha value is -3.86. The van der Waals surface area contributed by atoms with Gasteiger partial charge in [0.2, 0.25) is 5.91 Å². The average Bonchev–Trinajstić information content (AvgIpc) is 3.44. The Morgan fingerprint density at radius 2 is 1.84 bits per heavy atom. The zero-order valence-electron chi connectivity index (χ0n) is 17.4. The number of amides is 1. The van der Waals surface area contributed by atoms with Crippen LogP contribution in [0.25, 0.3) is 33.3 Å². The number of para-hydroxylation sites is 2. The van der Waals surface area contributed by atoms with Crippen molar-refractivity contribution in [1.29, 1.82) is 0 Å². The molecule has 0 saturated heterocycles. The molecule has 5 aromatic rings. The summed E-state index contributed by atoms with van der Waals surface area (Å²) in [5.74, 6) is 0.993. The van der Waals surface area contributed by atoms with Crippen molar-refractivity contribution < 1.29 is 4.79 Å². The average molecular weight is 409 g/mol. The molecular formula is C26H24N4O. The minimum Gasteiger partial charge on any atom is -0.361 e. The van der Waals surface area contributed by atoms with Crippen molar-refractivity contribution >= 4 is 27.8 Å². The van der Waals surface area contributed by atoms with Gasteiger partial charge >= 0.3 is 0 Å². The van der Waals surface area contributed by atoms with Crippen LogP contribution >= 0.6 is 0 Å². The van der Waals surface area contributed by atoms with E-state index in [2.05, 4.69) is 45.3 Å². The zero-order valence-corrected chi connectivity index (χ0v) is 17.4. The lowest BCUT2D eigenvalue weighted by Gasteiger charge is -2.17. The van der Waals surface area contributed by atoms with Crippen molar-refractivity contribution in [2.75, 3.05) is 7.05 Å². The van der Waals surface area contributed by atoms with E-state index in [1.165, 1.54) is 5.39 Å². The van der Waals surface area contributed by atoms with Crippen molar-refractivity contribution in [3.63, 3.8) is 0 Å². The highest BCUT2D eigenvalue weighted by Gasteiger charge is 2.11. The number of aryl methyl sites for hydroxylation is 1. The van der Waals surface area contributed by atoms with Gasteiger partial charge in [0.05, 0.1) is 11.0 Å². The number of nitrogens with zero attached hydrogens (tertiary/aromatic N) is 2. The number of fused-ring (bicyclic) bond motifs is 2. The molecule has 31 heavy (non-hydrogen) atoms. The molecule has 5 heteroatoms. The predicted octanol–water partition coefficient (Wildman–Crippen LogP) is 5.30. The van der Waals surface area contributed by atoms with E-state index >= 15 is 0 Å². The van der Waals surface area contributed by atoms with Gasteiger partial charge in [-0.15, -0.1) is 0 Å². The number of aromatic amines is 2. The quantitative estimate of drug-likeness (QED) is 0.400. The normalized spacial score (nSPS) is 11.3. The number of carbonyl (C=O) groups is 1. The minimum atomic E-state index is 0.140. The highest BCUT2D eigenvalue weighted by Crippen LogP contribution is 2.22. The number of H-pyrrole nitrogens is 2. The maximum absolute atomic E-state index is 12.7. The van der Waals surface area contributed by atoms with E-state index in [0.717, 1.165) is 39.1 Å². The summed E-state index contributed by atoms with van der Waals surface area (Å²) in [6.07, 6.45) is 3.11. The van der Waals surface area contributed by atoms with Gasteiger partial charge in [-0.05, 0) is 53.3 Å². The number of imidazole rings is 1. The van der Waals surface area contributed by atoms with E-state index in [1.807, 2.05) is 55.7 Å². The molecule has 5 rings (SSSR count). The molecule has 154 valence electrons. The van der Waals surface area contributed by atoms with Crippen molar-refractivity contribution in [1.82, 2.24) is 19.9 Å². The third kappa shape index (κ3) is 4.08. The fourth-order valence-electron chi connectivity index (χ4n) is 3.96. The predicted molar refractivity (Wildman–Crippen MR) is 125 cm³/mol. The van der Waals surface area contributed by atoms with Gasteiger partial charge in [-0.1, -0.05) is 42.5 Å². The lowest BCUT2D eigenvalue weighted by atomic mass is 10.1. The van der Waals surface area contributed by atoms with Crippen LogP contribution < -0.4 is 0 Å².